The zero-order chi connectivity index (χ0) is 27.9. The Bertz CT molecular complexity index is 1760. The summed E-state index contributed by atoms with van der Waals surface area (Å²) in [6.07, 6.45) is 2.16. The Morgan fingerprint density at radius 3 is 2.69 bits per heavy atom. The number of hydrogen-bond donors (Lipinski definition) is 3. The number of pyridine rings is 1. The molecule has 3 heterocycles. The number of H-pyrrole nitrogens is 1. The molecule has 0 bridgehead atoms. The first-order chi connectivity index (χ1) is 18.6. The van der Waals surface area contributed by atoms with Crippen LogP contribution in [0.15, 0.2) is 52.2 Å². The molecule has 204 valence electrons. The minimum atomic E-state index is -4.26. The molecule has 2 aromatic heterocycles. The Labute approximate surface area is 228 Å². The molecule has 0 radical (unpaired) electrons. The van der Waals surface area contributed by atoms with Crippen LogP contribution in [-0.2, 0) is 16.4 Å². The summed E-state index contributed by atoms with van der Waals surface area (Å²) >= 11 is 6.56. The van der Waals surface area contributed by atoms with Crippen LogP contribution < -0.4 is 14.7 Å². The molecule has 13 heteroatoms. The minimum Gasteiger partial charge on any atom is -0.490 e. The molecule has 0 amide bonds. The normalized spacial score (nSPS) is 13.8. The van der Waals surface area contributed by atoms with Gasteiger partial charge in [0.2, 0.25) is 0 Å². The summed E-state index contributed by atoms with van der Waals surface area (Å²) in [7, 11) is -4.26. The molecule has 11 nitrogen and oxygen atoms in total. The van der Waals surface area contributed by atoms with Crippen LogP contribution in [0.3, 0.4) is 0 Å². The monoisotopic (exact) mass is 572 g/mol. The maximum absolute atomic E-state index is 14.2. The lowest BCUT2D eigenvalue weighted by atomic mass is 10.1. The van der Waals surface area contributed by atoms with Gasteiger partial charge >= 0.3 is 11.7 Å². The molecule has 0 saturated heterocycles. The molecule has 0 fully saturated rings. The number of nitrogens with one attached hydrogen (secondary N) is 1. The number of anilines is 1. The molecule has 0 saturated carbocycles. The summed E-state index contributed by atoms with van der Waals surface area (Å²) in [6, 6.07) is 11.1. The first-order valence-corrected chi connectivity index (χ1v) is 14.0. The lowest BCUT2D eigenvalue weighted by Gasteiger charge is -2.26. The number of aromatic amines is 1. The van der Waals surface area contributed by atoms with Crippen LogP contribution in [0.25, 0.3) is 16.9 Å². The second-order valence-electron chi connectivity index (χ2n) is 9.08. The molecule has 0 unspecified atom stereocenters. The number of hydrogen-bond acceptors (Lipinski definition) is 7. The number of aryl methyl sites for hydroxylation is 2. The summed E-state index contributed by atoms with van der Waals surface area (Å²) in [4.78, 5) is 31.2. The predicted molar refractivity (Wildman–Crippen MR) is 145 cm³/mol. The fourth-order valence-electron chi connectivity index (χ4n) is 4.76. The van der Waals surface area contributed by atoms with Gasteiger partial charge in [0.15, 0.2) is 11.3 Å². The second kappa shape index (κ2) is 10.4. The predicted octanol–water partition coefficient (Wildman–Crippen LogP) is 3.28. The van der Waals surface area contributed by atoms with Gasteiger partial charge in [-0.2, -0.15) is 0 Å². The van der Waals surface area contributed by atoms with Crippen molar-refractivity contribution in [2.24, 2.45) is 0 Å². The molecule has 0 aliphatic carbocycles. The molecular formula is C26H25ClN4O7S. The largest absolute Gasteiger partial charge is 0.490 e. The number of aliphatic hydroxyl groups is 1. The lowest BCUT2D eigenvalue weighted by Crippen LogP contribution is -2.32. The van der Waals surface area contributed by atoms with E-state index in [1.54, 1.807) is 19.1 Å². The Morgan fingerprint density at radius 2 is 1.95 bits per heavy atom. The molecular weight excluding hydrogens is 548 g/mol. The lowest BCUT2D eigenvalue weighted by molar-refractivity contribution is 0.0690. The number of halogens is 1. The van der Waals surface area contributed by atoms with Gasteiger partial charge in [-0.25, -0.2) is 27.6 Å². The van der Waals surface area contributed by atoms with Crippen molar-refractivity contribution < 1.29 is 28.2 Å². The number of carboxylic acid groups (broad SMARTS) is 1. The molecule has 2 aromatic carbocycles. The minimum absolute atomic E-state index is 0.0215. The fraction of sp³-hybridized carbons (Fsp3) is 0.269. The summed E-state index contributed by atoms with van der Waals surface area (Å²) < 4.78 is 36.4. The number of rotatable bonds is 7. The van der Waals surface area contributed by atoms with Gasteiger partial charge in [-0.05, 0) is 55.5 Å². The summed E-state index contributed by atoms with van der Waals surface area (Å²) in [5.74, 6) is -1.38. The Kier molecular flexibility index (Phi) is 7.10. The Balaban J connectivity index is 1.76. The van der Waals surface area contributed by atoms with E-state index < -0.39 is 21.7 Å². The molecule has 4 aromatic rings. The van der Waals surface area contributed by atoms with Crippen LogP contribution in [0.1, 0.15) is 34.5 Å². The summed E-state index contributed by atoms with van der Waals surface area (Å²) in [5, 5.41) is 18.8. The summed E-state index contributed by atoms with van der Waals surface area (Å²) in [5.41, 5.74) is 1.16. The molecule has 39 heavy (non-hydrogen) atoms. The number of aromatic carboxylic acids is 1. The number of benzene rings is 2. The van der Waals surface area contributed by atoms with E-state index in [0.29, 0.717) is 17.7 Å². The SMILES string of the molecule is Cc1cc(C(=O)O)nc2c1[nH]c(=O)n2-c1cc(S(=O)(=O)N2CCCCc3ccccc32)c(OCCO)cc1Cl. The van der Waals surface area contributed by atoms with Gasteiger partial charge in [-0.3, -0.25) is 4.31 Å². The second-order valence-corrected chi connectivity index (χ2v) is 11.3. The highest BCUT2D eigenvalue weighted by Gasteiger charge is 2.32. The number of fused-ring (bicyclic) bond motifs is 2. The number of carboxylic acids is 1. The van der Waals surface area contributed by atoms with E-state index in [1.165, 1.54) is 22.5 Å². The maximum atomic E-state index is 14.2. The Morgan fingerprint density at radius 1 is 1.18 bits per heavy atom. The van der Waals surface area contributed by atoms with Crippen molar-refractivity contribution in [3.63, 3.8) is 0 Å². The van der Waals surface area contributed by atoms with Crippen LogP contribution in [0.2, 0.25) is 5.02 Å². The van der Waals surface area contributed by atoms with Gasteiger partial charge in [0.25, 0.3) is 10.0 Å². The molecule has 5 rings (SSSR count). The molecule has 1 aliphatic rings. The van der Waals surface area contributed by atoms with E-state index in [9.17, 15) is 28.2 Å². The zero-order valence-corrected chi connectivity index (χ0v) is 22.4. The van der Waals surface area contributed by atoms with Crippen LogP contribution in [0.4, 0.5) is 5.69 Å². The standard InChI is InChI=1S/C26H25ClN4O7S/c1-15-12-18(25(33)34)28-24-23(15)29-26(35)31(24)20-14-22(21(13-17(20)27)38-11-10-32)39(36,37)30-9-5-4-7-16-6-2-3-8-19(16)30/h2-3,6,8,12-14,32H,4-5,7,9-11H2,1H3,(H,29,35)(H,33,34). The highest BCUT2D eigenvalue weighted by molar-refractivity contribution is 7.93. The van der Waals surface area contributed by atoms with E-state index in [4.69, 9.17) is 16.3 Å². The number of aliphatic hydroxyl groups excluding tert-OH is 1. The van der Waals surface area contributed by atoms with E-state index >= 15 is 0 Å². The van der Waals surface area contributed by atoms with Crippen LogP contribution in [0, 0.1) is 6.92 Å². The highest BCUT2D eigenvalue weighted by atomic mass is 35.5. The number of nitrogens with zero attached hydrogens (tertiary/aromatic N) is 3. The van der Waals surface area contributed by atoms with Gasteiger partial charge < -0.3 is 19.9 Å². The number of para-hydroxylation sites is 1. The highest BCUT2D eigenvalue weighted by Crippen LogP contribution is 2.38. The third kappa shape index (κ3) is 4.75. The first-order valence-electron chi connectivity index (χ1n) is 12.2. The average molecular weight is 573 g/mol. The number of aromatic nitrogens is 3. The summed E-state index contributed by atoms with van der Waals surface area (Å²) in [6.45, 7) is 1.29. The van der Waals surface area contributed by atoms with Gasteiger partial charge in [-0.15, -0.1) is 0 Å². The van der Waals surface area contributed by atoms with Crippen molar-refractivity contribution in [2.75, 3.05) is 24.1 Å². The third-order valence-electron chi connectivity index (χ3n) is 6.55. The first kappa shape index (κ1) is 26.7. The number of sulfonamides is 1. The molecule has 3 N–H and O–H groups in total. The van der Waals surface area contributed by atoms with E-state index in [0.717, 1.165) is 23.0 Å². The third-order valence-corrected chi connectivity index (χ3v) is 8.69. The fourth-order valence-corrected chi connectivity index (χ4v) is 6.67. The van der Waals surface area contributed by atoms with Crippen molar-refractivity contribution >= 4 is 44.4 Å². The van der Waals surface area contributed by atoms with E-state index in [1.807, 2.05) is 12.1 Å². The average Bonchev–Trinajstić information content (AvgIpc) is 3.08. The van der Waals surface area contributed by atoms with Crippen molar-refractivity contribution in [1.82, 2.24) is 14.5 Å². The maximum Gasteiger partial charge on any atom is 0.354 e. The molecule has 0 spiro atoms. The number of ether oxygens (including phenoxy) is 1. The zero-order valence-electron chi connectivity index (χ0n) is 20.8. The van der Waals surface area contributed by atoms with E-state index in [2.05, 4.69) is 9.97 Å². The van der Waals surface area contributed by atoms with Crippen molar-refractivity contribution in [3.8, 4) is 11.4 Å². The van der Waals surface area contributed by atoms with Crippen molar-refractivity contribution in [1.29, 1.82) is 0 Å². The van der Waals surface area contributed by atoms with E-state index in [-0.39, 0.29) is 58.0 Å². The van der Waals surface area contributed by atoms with Crippen LogP contribution in [-0.4, -0.2) is 58.9 Å². The van der Waals surface area contributed by atoms with Gasteiger partial charge in [0.05, 0.1) is 28.5 Å². The topological polar surface area (TPSA) is 155 Å². The molecule has 1 aliphatic heterocycles. The van der Waals surface area contributed by atoms with Crippen molar-refractivity contribution in [2.45, 2.75) is 31.1 Å². The van der Waals surface area contributed by atoms with Crippen molar-refractivity contribution in [3.05, 3.63) is 74.8 Å². The van der Waals surface area contributed by atoms with Gasteiger partial charge in [0.1, 0.15) is 17.3 Å². The smallest absolute Gasteiger partial charge is 0.354 e. The molecule has 0 atom stereocenters. The Hall–Kier alpha value is -3.87. The van der Waals surface area contributed by atoms with Crippen LogP contribution >= 0.6 is 11.6 Å². The van der Waals surface area contributed by atoms with Crippen LogP contribution in [0.5, 0.6) is 5.75 Å². The number of imidazole rings is 1. The van der Waals surface area contributed by atoms with Gasteiger partial charge in [-0.1, -0.05) is 29.8 Å². The van der Waals surface area contributed by atoms with Gasteiger partial charge in [0, 0.05) is 12.6 Å². The number of carbonyl (C=O) groups is 1. The quantitative estimate of drug-likeness (QED) is 0.305.